The molecule has 1 N–H and O–H groups in total. The predicted octanol–water partition coefficient (Wildman–Crippen LogP) is 3.33. The first-order chi connectivity index (χ1) is 11.7. The molecule has 0 aliphatic carbocycles. The van der Waals surface area contributed by atoms with E-state index in [1.54, 1.807) is 11.0 Å². The summed E-state index contributed by atoms with van der Waals surface area (Å²) in [5.74, 6) is -0.0411. The van der Waals surface area contributed by atoms with Crippen molar-refractivity contribution >= 4 is 17.5 Å². The highest BCUT2D eigenvalue weighted by molar-refractivity contribution is 5.95. The summed E-state index contributed by atoms with van der Waals surface area (Å²) in [6.45, 7) is 3.28. The predicted molar refractivity (Wildman–Crippen MR) is 91.8 cm³/mol. The number of nitrogens with one attached hydrogen (secondary N) is 1. The highest BCUT2D eigenvalue weighted by atomic mass is 16.3. The Morgan fingerprint density at radius 3 is 2.71 bits per heavy atom. The van der Waals surface area contributed by atoms with E-state index in [0.29, 0.717) is 31.5 Å². The number of anilines is 1. The molecule has 126 valence electrons. The maximum absolute atomic E-state index is 12.4. The van der Waals surface area contributed by atoms with Crippen LogP contribution in [0.3, 0.4) is 0 Å². The molecule has 0 saturated carbocycles. The molecule has 0 unspecified atom stereocenters. The fourth-order valence-corrected chi connectivity index (χ4v) is 3.03. The Labute approximate surface area is 141 Å². The first kappa shape index (κ1) is 16.3. The Morgan fingerprint density at radius 2 is 2.04 bits per heavy atom. The van der Waals surface area contributed by atoms with E-state index in [2.05, 4.69) is 18.3 Å². The van der Waals surface area contributed by atoms with Gasteiger partial charge in [-0.2, -0.15) is 0 Å². The number of hydrogen-bond donors (Lipinski definition) is 1. The number of nitrogens with zero attached hydrogens (tertiary/aromatic N) is 1. The second-order valence-corrected chi connectivity index (χ2v) is 6.12. The summed E-state index contributed by atoms with van der Waals surface area (Å²) in [4.78, 5) is 26.5. The van der Waals surface area contributed by atoms with Crippen molar-refractivity contribution in [2.45, 2.75) is 26.2 Å². The summed E-state index contributed by atoms with van der Waals surface area (Å²) in [7, 11) is 0. The molecule has 5 nitrogen and oxygen atoms in total. The highest BCUT2D eigenvalue weighted by Gasteiger charge is 2.28. The van der Waals surface area contributed by atoms with Gasteiger partial charge in [-0.05, 0) is 43.0 Å². The van der Waals surface area contributed by atoms with Crippen molar-refractivity contribution < 1.29 is 14.0 Å². The van der Waals surface area contributed by atoms with Gasteiger partial charge in [0.05, 0.1) is 11.8 Å². The van der Waals surface area contributed by atoms with Crippen molar-refractivity contribution in [2.24, 2.45) is 5.92 Å². The molecule has 0 spiro atoms. The third-order valence-corrected chi connectivity index (χ3v) is 4.52. The van der Waals surface area contributed by atoms with Gasteiger partial charge >= 0.3 is 0 Å². The zero-order chi connectivity index (χ0) is 16.9. The van der Waals surface area contributed by atoms with Crippen molar-refractivity contribution in [3.8, 4) is 0 Å². The van der Waals surface area contributed by atoms with Crippen LogP contribution in [0, 0.1) is 5.92 Å². The Hall–Kier alpha value is -2.56. The monoisotopic (exact) mass is 326 g/mol. The Balaban J connectivity index is 1.54. The van der Waals surface area contributed by atoms with Crippen LogP contribution in [0.4, 0.5) is 5.69 Å². The van der Waals surface area contributed by atoms with Crippen molar-refractivity contribution in [2.75, 3.05) is 18.4 Å². The summed E-state index contributed by atoms with van der Waals surface area (Å²) in [6, 6.07) is 9.60. The first-order valence-electron chi connectivity index (χ1n) is 8.38. The van der Waals surface area contributed by atoms with E-state index in [9.17, 15) is 9.59 Å². The van der Waals surface area contributed by atoms with Crippen LogP contribution in [0.2, 0.25) is 0 Å². The molecule has 2 amide bonds. The SMILES string of the molecule is CCc1cccc(NC(=O)C2CCN(C(=O)c3ccoc3)CC2)c1. The molecule has 5 heteroatoms. The maximum Gasteiger partial charge on any atom is 0.257 e. The Bertz CT molecular complexity index is 701. The smallest absolute Gasteiger partial charge is 0.257 e. The number of amides is 2. The lowest BCUT2D eigenvalue weighted by Gasteiger charge is -2.31. The third kappa shape index (κ3) is 3.67. The molecule has 1 fully saturated rings. The van der Waals surface area contributed by atoms with Crippen molar-refractivity contribution in [1.82, 2.24) is 4.90 Å². The van der Waals surface area contributed by atoms with E-state index in [0.717, 1.165) is 12.1 Å². The summed E-state index contributed by atoms with van der Waals surface area (Å²) < 4.78 is 4.96. The lowest BCUT2D eigenvalue weighted by Crippen LogP contribution is -2.41. The van der Waals surface area contributed by atoms with Gasteiger partial charge in [-0.15, -0.1) is 0 Å². The number of hydrogen-bond acceptors (Lipinski definition) is 3. The molecular weight excluding hydrogens is 304 g/mol. The van der Waals surface area contributed by atoms with Crippen LogP contribution in [0.25, 0.3) is 0 Å². The van der Waals surface area contributed by atoms with Crippen LogP contribution in [0.1, 0.15) is 35.7 Å². The molecule has 1 aromatic carbocycles. The number of carbonyl (C=O) groups excluding carboxylic acids is 2. The molecule has 0 radical (unpaired) electrons. The third-order valence-electron chi connectivity index (χ3n) is 4.52. The number of likely N-dealkylation sites (tertiary alicyclic amines) is 1. The topological polar surface area (TPSA) is 62.6 Å². The van der Waals surface area contributed by atoms with Gasteiger partial charge in [0.2, 0.25) is 5.91 Å². The van der Waals surface area contributed by atoms with E-state index in [-0.39, 0.29) is 17.7 Å². The lowest BCUT2D eigenvalue weighted by molar-refractivity contribution is -0.121. The molecule has 24 heavy (non-hydrogen) atoms. The van der Waals surface area contributed by atoms with E-state index in [1.807, 2.05) is 18.2 Å². The van der Waals surface area contributed by atoms with Gasteiger partial charge in [0.15, 0.2) is 0 Å². The van der Waals surface area contributed by atoms with Gasteiger partial charge in [-0.3, -0.25) is 9.59 Å². The van der Waals surface area contributed by atoms with Crippen molar-refractivity contribution in [3.05, 3.63) is 54.0 Å². The van der Waals surface area contributed by atoms with Crippen molar-refractivity contribution in [3.63, 3.8) is 0 Å². The average molecular weight is 326 g/mol. The van der Waals surface area contributed by atoms with Gasteiger partial charge in [-0.25, -0.2) is 0 Å². The minimum absolute atomic E-state index is 0.0294. The number of benzene rings is 1. The van der Waals surface area contributed by atoms with E-state index in [1.165, 1.54) is 18.1 Å². The highest BCUT2D eigenvalue weighted by Crippen LogP contribution is 2.21. The minimum atomic E-state index is -0.0521. The second kappa shape index (κ2) is 7.34. The molecule has 0 atom stereocenters. The summed E-state index contributed by atoms with van der Waals surface area (Å²) in [5.41, 5.74) is 2.61. The van der Waals surface area contributed by atoms with E-state index in [4.69, 9.17) is 4.42 Å². The summed E-state index contributed by atoms with van der Waals surface area (Å²) in [5, 5.41) is 3.00. The van der Waals surface area contributed by atoms with Gasteiger partial charge in [-0.1, -0.05) is 19.1 Å². The zero-order valence-corrected chi connectivity index (χ0v) is 13.8. The standard InChI is InChI=1S/C19H22N2O3/c1-2-14-4-3-5-17(12-14)20-18(22)15-6-9-21(10-7-15)19(23)16-8-11-24-13-16/h3-5,8,11-13,15H,2,6-7,9-10H2,1H3,(H,20,22). The van der Waals surface area contributed by atoms with Crippen LogP contribution in [-0.4, -0.2) is 29.8 Å². The van der Waals surface area contributed by atoms with E-state index < -0.39 is 0 Å². The fourth-order valence-electron chi connectivity index (χ4n) is 3.03. The summed E-state index contributed by atoms with van der Waals surface area (Å²) in [6.07, 6.45) is 5.27. The van der Waals surface area contributed by atoms with Gasteiger partial charge in [0.1, 0.15) is 6.26 Å². The molecular formula is C19H22N2O3. The van der Waals surface area contributed by atoms with E-state index >= 15 is 0 Å². The van der Waals surface area contributed by atoms with Crippen LogP contribution in [0.5, 0.6) is 0 Å². The molecule has 3 rings (SSSR count). The molecule has 1 aromatic heterocycles. The quantitative estimate of drug-likeness (QED) is 0.937. The molecule has 1 saturated heterocycles. The molecule has 2 aromatic rings. The average Bonchev–Trinajstić information content (AvgIpc) is 3.16. The first-order valence-corrected chi connectivity index (χ1v) is 8.38. The normalized spacial score (nSPS) is 15.3. The Morgan fingerprint density at radius 1 is 1.25 bits per heavy atom. The number of aryl methyl sites for hydroxylation is 1. The van der Waals surface area contributed by atoms with Gasteiger partial charge in [0.25, 0.3) is 5.91 Å². The lowest BCUT2D eigenvalue weighted by atomic mass is 9.95. The van der Waals surface area contributed by atoms with Crippen molar-refractivity contribution in [1.29, 1.82) is 0 Å². The van der Waals surface area contributed by atoms with Crippen LogP contribution < -0.4 is 5.32 Å². The van der Waals surface area contributed by atoms with Crippen LogP contribution in [-0.2, 0) is 11.2 Å². The fraction of sp³-hybridized carbons (Fsp3) is 0.368. The van der Waals surface area contributed by atoms with Gasteiger partial charge < -0.3 is 14.6 Å². The number of rotatable bonds is 4. The van der Waals surface area contributed by atoms with Gasteiger partial charge in [0, 0.05) is 24.7 Å². The largest absolute Gasteiger partial charge is 0.472 e. The second-order valence-electron chi connectivity index (χ2n) is 6.12. The zero-order valence-electron chi connectivity index (χ0n) is 13.8. The number of piperidine rings is 1. The molecule has 2 heterocycles. The summed E-state index contributed by atoms with van der Waals surface area (Å²) >= 11 is 0. The molecule has 1 aliphatic rings. The van der Waals surface area contributed by atoms with Crippen LogP contribution in [0.15, 0.2) is 47.3 Å². The maximum atomic E-state index is 12.4. The molecule has 0 bridgehead atoms. The molecule has 1 aliphatic heterocycles. The number of carbonyl (C=O) groups is 2. The minimum Gasteiger partial charge on any atom is -0.472 e. The Kier molecular flexibility index (Phi) is 4.99. The van der Waals surface area contributed by atoms with Crippen LogP contribution >= 0.6 is 0 Å². The number of furan rings is 1.